The summed E-state index contributed by atoms with van der Waals surface area (Å²) in [5.74, 6) is -0.959. The number of hydrogen-bond donors (Lipinski definition) is 7. The third-order valence-electron chi connectivity index (χ3n) is 6.86. The van der Waals surface area contributed by atoms with Crippen molar-refractivity contribution < 1.29 is 64.2 Å². The minimum absolute atomic E-state index is 0.0662. The van der Waals surface area contributed by atoms with Crippen LogP contribution in [0, 0.1) is 5.92 Å². The highest BCUT2D eigenvalue weighted by atomic mass is 16.7. The van der Waals surface area contributed by atoms with Crippen molar-refractivity contribution in [2.75, 3.05) is 6.61 Å². The van der Waals surface area contributed by atoms with Gasteiger partial charge in [-0.3, -0.25) is 4.79 Å². The van der Waals surface area contributed by atoms with E-state index in [1.165, 1.54) is 19.3 Å². The molecule has 0 aromatic carbocycles. The predicted molar refractivity (Wildman–Crippen MR) is 108 cm³/mol. The molecule has 1 aliphatic carbocycles. The van der Waals surface area contributed by atoms with Gasteiger partial charge in [0.05, 0.1) is 37.1 Å². The van der Waals surface area contributed by atoms with Gasteiger partial charge in [-0.2, -0.15) is 0 Å². The van der Waals surface area contributed by atoms with Crippen molar-refractivity contribution in [2.45, 2.75) is 99.5 Å². The summed E-state index contributed by atoms with van der Waals surface area (Å²) in [5.41, 5.74) is 0. The number of carbonyl (C=O) groups excluding carboxylic acids is 1. The van der Waals surface area contributed by atoms with Crippen molar-refractivity contribution >= 4 is 5.78 Å². The minimum atomic E-state index is -1.66. The fourth-order valence-corrected chi connectivity index (χ4v) is 4.81. The van der Waals surface area contributed by atoms with Crippen molar-refractivity contribution in [1.82, 2.24) is 0 Å². The zero-order valence-electron chi connectivity index (χ0n) is 18.4. The number of hydrogen-bond acceptors (Lipinski definition) is 13. The highest BCUT2D eigenvalue weighted by molar-refractivity contribution is 5.93. The van der Waals surface area contributed by atoms with Crippen LogP contribution in [-0.4, -0.2) is 128 Å². The molecule has 1 saturated carbocycles. The molecule has 13 nitrogen and oxygen atoms in total. The molecule has 7 N–H and O–H groups in total. The second-order valence-electron chi connectivity index (χ2n) is 9.23. The molecule has 3 heterocycles. The van der Waals surface area contributed by atoms with Crippen LogP contribution in [0.15, 0.2) is 12.3 Å². The molecule has 2 saturated heterocycles. The first-order chi connectivity index (χ1) is 16.1. The molecule has 3 aliphatic heterocycles. The first kappa shape index (κ1) is 25.9. The van der Waals surface area contributed by atoms with Gasteiger partial charge in [0.25, 0.3) is 0 Å². The summed E-state index contributed by atoms with van der Waals surface area (Å²) in [6, 6.07) is 0. The largest absolute Gasteiger partial charge is 0.497 e. The number of aliphatic hydroxyl groups is 7. The lowest BCUT2D eigenvalue weighted by Crippen LogP contribution is -2.61. The molecule has 194 valence electrons. The number of allylic oxidation sites excluding steroid dienone is 1. The minimum Gasteiger partial charge on any atom is -0.497 e. The van der Waals surface area contributed by atoms with E-state index >= 15 is 0 Å². The molecular formula is C21H32O13. The van der Waals surface area contributed by atoms with Crippen molar-refractivity contribution in [3.05, 3.63) is 12.3 Å². The smallest absolute Gasteiger partial charge is 0.186 e. The van der Waals surface area contributed by atoms with Gasteiger partial charge < -0.3 is 59.4 Å². The molecule has 0 radical (unpaired) electrons. The predicted octanol–water partition coefficient (Wildman–Crippen LogP) is -3.72. The monoisotopic (exact) mass is 492 g/mol. The average molecular weight is 492 g/mol. The van der Waals surface area contributed by atoms with E-state index in [1.807, 2.05) is 0 Å². The van der Waals surface area contributed by atoms with Gasteiger partial charge in [0, 0.05) is 18.9 Å². The highest BCUT2D eigenvalue weighted by Crippen LogP contribution is 2.35. The SMILES string of the molecule is C[C@H]1O[C@H](OC[C@H]2O[C@@H](OC3CC(O)C4C(=O)C=COC4C3)[C@H](O)[C@@H](O)[C@@H]2O)[C@@H](O)[C@@H](O)[C@@H]1O. The summed E-state index contributed by atoms with van der Waals surface area (Å²) < 4.78 is 27.6. The Morgan fingerprint density at radius 2 is 1.56 bits per heavy atom. The van der Waals surface area contributed by atoms with E-state index in [4.69, 9.17) is 23.7 Å². The molecule has 4 rings (SSSR count). The summed E-state index contributed by atoms with van der Waals surface area (Å²) in [7, 11) is 0. The van der Waals surface area contributed by atoms with Crippen molar-refractivity contribution in [3.8, 4) is 0 Å². The van der Waals surface area contributed by atoms with E-state index in [0.29, 0.717) is 0 Å². The Kier molecular flexibility index (Phi) is 7.91. The Labute approximate surface area is 195 Å². The standard InChI is InChI=1S/C21H32O13/c1-7-14(24)16(26)18(28)20(32-7)31-6-12-15(25)17(27)19(29)21(34-12)33-8-4-10(23)13-9(22)2-3-30-11(13)5-8/h2-3,7-8,10-21,23-29H,4-6H2,1H3/t7-,8?,10?,11?,12-,13?,14-,15-,16+,17+,18+,19-,20+,21-/m1/s1. The van der Waals surface area contributed by atoms with Crippen molar-refractivity contribution in [1.29, 1.82) is 0 Å². The van der Waals surface area contributed by atoms with Gasteiger partial charge >= 0.3 is 0 Å². The van der Waals surface area contributed by atoms with E-state index in [0.717, 1.165) is 0 Å². The van der Waals surface area contributed by atoms with Crippen LogP contribution in [-0.2, 0) is 28.5 Å². The van der Waals surface area contributed by atoms with Gasteiger partial charge in [0.2, 0.25) is 0 Å². The Morgan fingerprint density at radius 3 is 2.29 bits per heavy atom. The maximum atomic E-state index is 12.0. The fraction of sp³-hybridized carbons (Fsp3) is 0.857. The molecular weight excluding hydrogens is 460 g/mol. The first-order valence-corrected chi connectivity index (χ1v) is 11.3. The van der Waals surface area contributed by atoms with Gasteiger partial charge in [-0.1, -0.05) is 0 Å². The van der Waals surface area contributed by atoms with Crippen LogP contribution in [0.4, 0.5) is 0 Å². The van der Waals surface area contributed by atoms with Crippen molar-refractivity contribution in [2.24, 2.45) is 5.92 Å². The normalized spacial score (nSPS) is 51.6. The van der Waals surface area contributed by atoms with Gasteiger partial charge in [-0.15, -0.1) is 0 Å². The average Bonchev–Trinajstić information content (AvgIpc) is 2.80. The molecule has 0 aromatic heterocycles. The summed E-state index contributed by atoms with van der Waals surface area (Å²) in [4.78, 5) is 12.0. The molecule has 14 atom stereocenters. The van der Waals surface area contributed by atoms with Crippen LogP contribution in [0.2, 0.25) is 0 Å². The maximum absolute atomic E-state index is 12.0. The number of aliphatic hydroxyl groups excluding tert-OH is 7. The Morgan fingerprint density at radius 1 is 0.882 bits per heavy atom. The lowest BCUT2D eigenvalue weighted by molar-refractivity contribution is -0.336. The van der Waals surface area contributed by atoms with Gasteiger partial charge in [-0.05, 0) is 6.92 Å². The molecule has 13 heteroatoms. The van der Waals surface area contributed by atoms with E-state index in [1.54, 1.807) is 0 Å². The number of ketones is 1. The number of ether oxygens (including phenoxy) is 5. The summed E-state index contributed by atoms with van der Waals surface area (Å²) in [6.07, 6.45) is -13.6. The van der Waals surface area contributed by atoms with Crippen LogP contribution in [0.3, 0.4) is 0 Å². The van der Waals surface area contributed by atoms with Gasteiger partial charge in [-0.25, -0.2) is 0 Å². The van der Waals surface area contributed by atoms with Crippen molar-refractivity contribution in [3.63, 3.8) is 0 Å². The molecule has 3 fully saturated rings. The third-order valence-corrected chi connectivity index (χ3v) is 6.86. The van der Waals surface area contributed by atoms with Crippen LogP contribution in [0.1, 0.15) is 19.8 Å². The summed E-state index contributed by atoms with van der Waals surface area (Å²) >= 11 is 0. The van der Waals surface area contributed by atoms with E-state index in [2.05, 4.69) is 0 Å². The molecule has 4 unspecified atom stereocenters. The number of fused-ring (bicyclic) bond motifs is 1. The van der Waals surface area contributed by atoms with Crippen LogP contribution >= 0.6 is 0 Å². The third kappa shape index (κ3) is 5.01. The second-order valence-corrected chi connectivity index (χ2v) is 9.23. The molecule has 34 heavy (non-hydrogen) atoms. The maximum Gasteiger partial charge on any atom is 0.186 e. The molecule has 4 aliphatic rings. The molecule has 0 spiro atoms. The van der Waals surface area contributed by atoms with E-state index in [-0.39, 0.29) is 18.6 Å². The number of rotatable bonds is 5. The topological polar surface area (TPSA) is 205 Å². The Balaban J connectivity index is 1.37. The van der Waals surface area contributed by atoms with Crippen LogP contribution in [0.25, 0.3) is 0 Å². The Hall–Kier alpha value is -1.23. The Bertz CT molecular complexity index is 748. The molecule has 0 aromatic rings. The van der Waals surface area contributed by atoms with Gasteiger partial charge in [0.15, 0.2) is 18.4 Å². The zero-order chi connectivity index (χ0) is 24.7. The highest BCUT2D eigenvalue weighted by Gasteiger charge is 2.49. The van der Waals surface area contributed by atoms with Crippen LogP contribution in [0.5, 0.6) is 0 Å². The van der Waals surface area contributed by atoms with Crippen LogP contribution < -0.4 is 0 Å². The van der Waals surface area contributed by atoms with Gasteiger partial charge in [0.1, 0.15) is 48.8 Å². The first-order valence-electron chi connectivity index (χ1n) is 11.3. The zero-order valence-corrected chi connectivity index (χ0v) is 18.4. The molecule has 0 amide bonds. The molecule has 0 bridgehead atoms. The second kappa shape index (κ2) is 10.4. The lowest BCUT2D eigenvalue weighted by atomic mass is 9.79. The summed E-state index contributed by atoms with van der Waals surface area (Å²) in [5, 5.41) is 71.2. The number of carbonyl (C=O) groups is 1. The fourth-order valence-electron chi connectivity index (χ4n) is 4.81. The summed E-state index contributed by atoms with van der Waals surface area (Å²) in [6.45, 7) is 1.07. The quantitative estimate of drug-likeness (QED) is 0.197. The van der Waals surface area contributed by atoms with E-state index in [9.17, 15) is 40.5 Å². The lowest BCUT2D eigenvalue weighted by Gasteiger charge is -2.44. The van der Waals surface area contributed by atoms with E-state index < -0.39 is 92.2 Å².